The minimum absolute atomic E-state index is 0.624. The highest BCUT2D eigenvalue weighted by atomic mass is 32.1. The lowest BCUT2D eigenvalue weighted by atomic mass is 9.98. The van der Waals surface area contributed by atoms with Gasteiger partial charge in [-0.3, -0.25) is 4.98 Å². The number of hydrogen-bond donors (Lipinski definition) is 1. The molecule has 2 aromatic rings. The monoisotopic (exact) mass is 302 g/mol. The zero-order valence-electron chi connectivity index (χ0n) is 12.5. The zero-order valence-corrected chi connectivity index (χ0v) is 13.3. The molecule has 1 aliphatic rings. The van der Waals surface area contributed by atoms with Gasteiger partial charge in [0.1, 0.15) is 10.8 Å². The lowest BCUT2D eigenvalue weighted by Gasteiger charge is -2.22. The smallest absolute Gasteiger partial charge is 0.147 e. The topological polar surface area (TPSA) is 55.0 Å². The Hall–Kier alpha value is -1.62. The molecule has 5 heteroatoms. The third-order valence-corrected chi connectivity index (χ3v) is 5.29. The number of rotatable bonds is 3. The Morgan fingerprint density at radius 1 is 1.38 bits per heavy atom. The van der Waals surface area contributed by atoms with Crippen LogP contribution < -0.4 is 10.6 Å². The second-order valence-electron chi connectivity index (χ2n) is 5.68. The summed E-state index contributed by atoms with van der Waals surface area (Å²) in [5.74, 6) is 1.49. The summed E-state index contributed by atoms with van der Waals surface area (Å²) in [6, 6.07) is 4.01. The van der Waals surface area contributed by atoms with Gasteiger partial charge in [0, 0.05) is 31.0 Å². The van der Waals surface area contributed by atoms with E-state index in [-0.39, 0.29) is 0 Å². The quantitative estimate of drug-likeness (QED) is 0.937. The SMILES string of the molecule is CCC1CCCN(c2snc(N)c2-c2cccnc2)CC1. The predicted octanol–water partition coefficient (Wildman–Crippen LogP) is 3.80. The van der Waals surface area contributed by atoms with Gasteiger partial charge < -0.3 is 10.6 Å². The molecule has 21 heavy (non-hydrogen) atoms. The molecular formula is C16H22N4S. The van der Waals surface area contributed by atoms with Crippen molar-refractivity contribution in [2.75, 3.05) is 23.7 Å². The first-order valence-corrected chi connectivity index (χ1v) is 8.47. The molecule has 0 saturated carbocycles. The highest BCUT2D eigenvalue weighted by Crippen LogP contribution is 2.40. The molecule has 0 bridgehead atoms. The Morgan fingerprint density at radius 2 is 2.29 bits per heavy atom. The minimum Gasteiger partial charge on any atom is -0.382 e. The van der Waals surface area contributed by atoms with Crippen molar-refractivity contribution in [2.45, 2.75) is 32.6 Å². The molecule has 112 valence electrons. The summed E-state index contributed by atoms with van der Waals surface area (Å²) in [5, 5.41) is 1.21. The maximum Gasteiger partial charge on any atom is 0.147 e. The summed E-state index contributed by atoms with van der Waals surface area (Å²) in [6.07, 6.45) is 8.80. The summed E-state index contributed by atoms with van der Waals surface area (Å²) in [5.41, 5.74) is 8.24. The third-order valence-electron chi connectivity index (χ3n) is 4.36. The largest absolute Gasteiger partial charge is 0.382 e. The summed E-state index contributed by atoms with van der Waals surface area (Å²) in [6.45, 7) is 4.50. The van der Waals surface area contributed by atoms with Gasteiger partial charge in [0.15, 0.2) is 0 Å². The van der Waals surface area contributed by atoms with Gasteiger partial charge in [0.25, 0.3) is 0 Å². The van der Waals surface area contributed by atoms with Crippen LogP contribution in [0.2, 0.25) is 0 Å². The van der Waals surface area contributed by atoms with Crippen molar-refractivity contribution in [2.24, 2.45) is 5.92 Å². The molecule has 3 heterocycles. The number of nitrogens with two attached hydrogens (primary N) is 1. The van der Waals surface area contributed by atoms with Crippen LogP contribution in [0.3, 0.4) is 0 Å². The summed E-state index contributed by atoms with van der Waals surface area (Å²) in [7, 11) is 0. The van der Waals surface area contributed by atoms with Gasteiger partial charge in [0.05, 0.1) is 5.56 Å². The van der Waals surface area contributed by atoms with E-state index < -0.39 is 0 Å². The van der Waals surface area contributed by atoms with Crippen LogP contribution in [0.15, 0.2) is 24.5 Å². The Bertz CT molecular complexity index is 581. The summed E-state index contributed by atoms with van der Waals surface area (Å²) >= 11 is 1.52. The number of nitrogens with zero attached hydrogens (tertiary/aromatic N) is 3. The highest BCUT2D eigenvalue weighted by Gasteiger charge is 2.22. The first kappa shape index (κ1) is 14.3. The van der Waals surface area contributed by atoms with Crippen LogP contribution in [-0.2, 0) is 0 Å². The van der Waals surface area contributed by atoms with E-state index >= 15 is 0 Å². The molecule has 1 atom stereocenters. The number of hydrogen-bond acceptors (Lipinski definition) is 5. The average molecular weight is 302 g/mol. The molecule has 0 amide bonds. The van der Waals surface area contributed by atoms with Gasteiger partial charge in [-0.1, -0.05) is 19.4 Å². The van der Waals surface area contributed by atoms with Crippen LogP contribution in [0.4, 0.5) is 10.8 Å². The van der Waals surface area contributed by atoms with Crippen molar-refractivity contribution < 1.29 is 0 Å². The fraction of sp³-hybridized carbons (Fsp3) is 0.500. The maximum absolute atomic E-state index is 6.12. The Labute approximate surface area is 130 Å². The lowest BCUT2D eigenvalue weighted by Crippen LogP contribution is -2.23. The maximum atomic E-state index is 6.12. The van der Waals surface area contributed by atoms with Crippen LogP contribution in [-0.4, -0.2) is 22.4 Å². The third kappa shape index (κ3) is 3.02. The molecule has 0 aliphatic carbocycles. The van der Waals surface area contributed by atoms with Crippen LogP contribution in [0.5, 0.6) is 0 Å². The summed E-state index contributed by atoms with van der Waals surface area (Å²) in [4.78, 5) is 6.68. The highest BCUT2D eigenvalue weighted by molar-refractivity contribution is 7.11. The van der Waals surface area contributed by atoms with E-state index in [9.17, 15) is 0 Å². The van der Waals surface area contributed by atoms with E-state index in [0.29, 0.717) is 5.82 Å². The van der Waals surface area contributed by atoms with E-state index in [4.69, 9.17) is 5.73 Å². The predicted molar refractivity (Wildman–Crippen MR) is 89.6 cm³/mol. The number of anilines is 2. The fourth-order valence-corrected chi connectivity index (χ4v) is 3.96. The molecule has 0 spiro atoms. The van der Waals surface area contributed by atoms with Crippen molar-refractivity contribution in [1.29, 1.82) is 0 Å². The molecule has 3 rings (SSSR count). The van der Waals surface area contributed by atoms with Crippen LogP contribution >= 0.6 is 11.5 Å². The first-order valence-electron chi connectivity index (χ1n) is 7.70. The minimum atomic E-state index is 0.624. The van der Waals surface area contributed by atoms with Crippen LogP contribution in [0.1, 0.15) is 32.6 Å². The molecule has 2 aromatic heterocycles. The first-order chi connectivity index (χ1) is 10.3. The standard InChI is InChI=1S/C16H22N4S/c1-2-12-5-4-9-20(10-7-12)16-14(15(17)19-21-16)13-6-3-8-18-11-13/h3,6,8,11-12H,2,4-5,7,9-10H2,1H3,(H2,17,19). The fourth-order valence-electron chi connectivity index (χ4n) is 3.07. The molecule has 0 radical (unpaired) electrons. The Morgan fingerprint density at radius 3 is 3.05 bits per heavy atom. The van der Waals surface area contributed by atoms with E-state index in [1.54, 1.807) is 6.20 Å². The van der Waals surface area contributed by atoms with Crippen molar-refractivity contribution in [3.8, 4) is 11.1 Å². The molecule has 2 N–H and O–H groups in total. The average Bonchev–Trinajstić information content (AvgIpc) is 2.75. The second kappa shape index (κ2) is 6.43. The van der Waals surface area contributed by atoms with E-state index in [0.717, 1.165) is 30.1 Å². The molecule has 1 saturated heterocycles. The second-order valence-corrected chi connectivity index (χ2v) is 6.43. The summed E-state index contributed by atoms with van der Waals surface area (Å²) < 4.78 is 4.39. The molecule has 1 fully saturated rings. The van der Waals surface area contributed by atoms with Gasteiger partial charge in [0.2, 0.25) is 0 Å². The number of nitrogen functional groups attached to an aromatic ring is 1. The van der Waals surface area contributed by atoms with Crippen molar-refractivity contribution in [3.05, 3.63) is 24.5 Å². The Kier molecular flexibility index (Phi) is 4.39. The van der Waals surface area contributed by atoms with Gasteiger partial charge in [-0.15, -0.1) is 0 Å². The van der Waals surface area contributed by atoms with Crippen molar-refractivity contribution >= 4 is 22.4 Å². The van der Waals surface area contributed by atoms with E-state index in [1.807, 2.05) is 12.3 Å². The molecular weight excluding hydrogens is 280 g/mol. The normalized spacial score (nSPS) is 19.5. The van der Waals surface area contributed by atoms with Crippen molar-refractivity contribution in [1.82, 2.24) is 9.36 Å². The van der Waals surface area contributed by atoms with Gasteiger partial charge in [-0.05, 0) is 42.8 Å². The zero-order chi connectivity index (χ0) is 14.7. The van der Waals surface area contributed by atoms with E-state index in [2.05, 4.69) is 27.2 Å². The van der Waals surface area contributed by atoms with Gasteiger partial charge >= 0.3 is 0 Å². The number of aromatic nitrogens is 2. The van der Waals surface area contributed by atoms with Gasteiger partial charge in [-0.2, -0.15) is 4.37 Å². The number of pyridine rings is 1. The molecule has 1 aliphatic heterocycles. The van der Waals surface area contributed by atoms with E-state index in [1.165, 1.54) is 42.2 Å². The molecule has 0 aromatic carbocycles. The van der Waals surface area contributed by atoms with Crippen LogP contribution in [0.25, 0.3) is 11.1 Å². The van der Waals surface area contributed by atoms with Crippen LogP contribution in [0, 0.1) is 5.92 Å². The van der Waals surface area contributed by atoms with Gasteiger partial charge in [-0.25, -0.2) is 0 Å². The Balaban J connectivity index is 1.89. The lowest BCUT2D eigenvalue weighted by molar-refractivity contribution is 0.460. The molecule has 1 unspecified atom stereocenters. The molecule has 4 nitrogen and oxygen atoms in total. The van der Waals surface area contributed by atoms with Crippen molar-refractivity contribution in [3.63, 3.8) is 0 Å².